The van der Waals surface area contributed by atoms with Crippen molar-refractivity contribution in [3.05, 3.63) is 0 Å². The molecule has 21 heavy (non-hydrogen) atoms. The highest BCUT2D eigenvalue weighted by atomic mass is 32.2. The summed E-state index contributed by atoms with van der Waals surface area (Å²) in [5.41, 5.74) is 0. The molecule has 0 heterocycles. The summed E-state index contributed by atoms with van der Waals surface area (Å²) < 4.78 is 0. The van der Waals surface area contributed by atoms with Crippen LogP contribution >= 0.6 is 11.8 Å². The van der Waals surface area contributed by atoms with E-state index < -0.39 is 0 Å². The highest BCUT2D eigenvalue weighted by Gasteiger charge is 1.97. The third-order valence-corrected chi connectivity index (χ3v) is 4.06. The summed E-state index contributed by atoms with van der Waals surface area (Å²) in [5, 5.41) is 6.77. The topological polar surface area (TPSA) is 39.7 Å². The van der Waals surface area contributed by atoms with Crippen molar-refractivity contribution in [2.24, 2.45) is 4.99 Å². The molecule has 0 aromatic heterocycles. The zero-order valence-electron chi connectivity index (χ0n) is 14.6. The summed E-state index contributed by atoms with van der Waals surface area (Å²) in [7, 11) is 6.13. The van der Waals surface area contributed by atoms with Gasteiger partial charge in [0.1, 0.15) is 0 Å². The quantitative estimate of drug-likeness (QED) is 0.311. The molecule has 0 unspecified atom stereocenters. The van der Waals surface area contributed by atoms with E-state index in [4.69, 9.17) is 0 Å². The summed E-state index contributed by atoms with van der Waals surface area (Å²) in [5.74, 6) is 2.20. The zero-order valence-corrected chi connectivity index (χ0v) is 15.4. The van der Waals surface area contributed by atoms with Crippen LogP contribution in [0.4, 0.5) is 0 Å². The maximum Gasteiger partial charge on any atom is 0.190 e. The number of nitrogens with zero attached hydrogens (tertiary/aromatic N) is 2. The molecule has 0 spiro atoms. The lowest BCUT2D eigenvalue weighted by Gasteiger charge is -2.12. The Balaban J connectivity index is 3.35. The molecule has 2 N–H and O–H groups in total. The molecular formula is C16H36N4S. The average molecular weight is 317 g/mol. The number of aliphatic imine (C=N–C) groups is 1. The average Bonchev–Trinajstić information content (AvgIpc) is 2.47. The third-order valence-electron chi connectivity index (χ3n) is 3.37. The van der Waals surface area contributed by atoms with Crippen LogP contribution in [-0.2, 0) is 0 Å². The van der Waals surface area contributed by atoms with Crippen molar-refractivity contribution >= 4 is 17.7 Å². The highest BCUT2D eigenvalue weighted by Crippen LogP contribution is 2.02. The van der Waals surface area contributed by atoms with Gasteiger partial charge in [0.15, 0.2) is 5.96 Å². The maximum atomic E-state index is 4.26. The number of nitrogens with one attached hydrogen (secondary N) is 2. The molecule has 0 amide bonds. The number of hydrogen-bond donors (Lipinski definition) is 2. The molecule has 0 aromatic rings. The fraction of sp³-hybridized carbons (Fsp3) is 0.938. The Kier molecular flexibility index (Phi) is 15.6. The van der Waals surface area contributed by atoms with E-state index in [1.165, 1.54) is 57.2 Å². The van der Waals surface area contributed by atoms with E-state index in [-0.39, 0.29) is 0 Å². The van der Waals surface area contributed by atoms with Gasteiger partial charge in [-0.15, -0.1) is 0 Å². The largest absolute Gasteiger partial charge is 0.356 e. The lowest BCUT2D eigenvalue weighted by molar-refractivity contribution is 0.389. The maximum absolute atomic E-state index is 4.26. The second-order valence-electron chi connectivity index (χ2n) is 5.70. The molecule has 0 aromatic carbocycles. The molecule has 0 bridgehead atoms. The van der Waals surface area contributed by atoms with Crippen LogP contribution in [0.1, 0.15) is 44.9 Å². The van der Waals surface area contributed by atoms with Crippen LogP contribution in [0, 0.1) is 0 Å². The predicted octanol–water partition coefficient (Wildman–Crippen LogP) is 2.81. The van der Waals surface area contributed by atoms with Gasteiger partial charge >= 0.3 is 0 Å². The number of hydrogen-bond acceptors (Lipinski definition) is 3. The Labute approximate surface area is 136 Å². The minimum absolute atomic E-state index is 0.951. The minimum Gasteiger partial charge on any atom is -0.356 e. The molecular weight excluding hydrogens is 280 g/mol. The van der Waals surface area contributed by atoms with Crippen LogP contribution in [0.15, 0.2) is 4.99 Å². The monoisotopic (exact) mass is 316 g/mol. The summed E-state index contributed by atoms with van der Waals surface area (Å²) >= 11 is 1.92. The van der Waals surface area contributed by atoms with E-state index in [1.54, 1.807) is 0 Å². The lowest BCUT2D eigenvalue weighted by Crippen LogP contribution is -2.38. The molecule has 0 aliphatic carbocycles. The fourth-order valence-corrected chi connectivity index (χ4v) is 2.58. The molecule has 4 nitrogen and oxygen atoms in total. The third kappa shape index (κ3) is 15.8. The number of guanidine groups is 1. The Morgan fingerprint density at radius 2 is 1.48 bits per heavy atom. The van der Waals surface area contributed by atoms with Crippen molar-refractivity contribution in [1.82, 2.24) is 15.5 Å². The highest BCUT2D eigenvalue weighted by molar-refractivity contribution is 7.98. The summed E-state index contributed by atoms with van der Waals surface area (Å²) in [6.07, 6.45) is 11.2. The summed E-state index contributed by atoms with van der Waals surface area (Å²) in [4.78, 5) is 6.52. The summed E-state index contributed by atoms with van der Waals surface area (Å²) in [6, 6.07) is 0. The Morgan fingerprint density at radius 1 is 0.905 bits per heavy atom. The molecule has 0 saturated heterocycles. The van der Waals surface area contributed by atoms with Crippen LogP contribution in [0.5, 0.6) is 0 Å². The lowest BCUT2D eigenvalue weighted by atomic mass is 10.1. The van der Waals surface area contributed by atoms with Gasteiger partial charge in [0.2, 0.25) is 0 Å². The number of rotatable bonds is 13. The first kappa shape index (κ1) is 20.6. The van der Waals surface area contributed by atoms with Crippen LogP contribution in [-0.4, -0.2) is 63.6 Å². The molecule has 0 radical (unpaired) electrons. The van der Waals surface area contributed by atoms with Gasteiger partial charge < -0.3 is 15.5 Å². The van der Waals surface area contributed by atoms with E-state index in [9.17, 15) is 0 Å². The first-order valence-corrected chi connectivity index (χ1v) is 9.68. The second-order valence-corrected chi connectivity index (χ2v) is 6.68. The van der Waals surface area contributed by atoms with Crippen molar-refractivity contribution in [3.8, 4) is 0 Å². The van der Waals surface area contributed by atoms with Crippen molar-refractivity contribution in [2.75, 3.05) is 52.8 Å². The van der Waals surface area contributed by atoms with Gasteiger partial charge in [-0.2, -0.15) is 11.8 Å². The minimum atomic E-state index is 0.951. The van der Waals surface area contributed by atoms with Crippen molar-refractivity contribution < 1.29 is 0 Å². The molecule has 0 fully saturated rings. The van der Waals surface area contributed by atoms with Crippen LogP contribution in [0.25, 0.3) is 0 Å². The van der Waals surface area contributed by atoms with Crippen LogP contribution in [0.2, 0.25) is 0 Å². The molecule has 0 aliphatic rings. The van der Waals surface area contributed by atoms with E-state index >= 15 is 0 Å². The predicted molar refractivity (Wildman–Crippen MR) is 98.6 cm³/mol. The Bertz CT molecular complexity index is 244. The molecule has 5 heteroatoms. The molecule has 126 valence electrons. The van der Waals surface area contributed by atoms with Gasteiger partial charge in [0.05, 0.1) is 0 Å². The summed E-state index contributed by atoms with van der Waals surface area (Å²) in [6.45, 7) is 3.26. The first-order chi connectivity index (χ1) is 10.2. The van der Waals surface area contributed by atoms with Gasteiger partial charge in [-0.25, -0.2) is 0 Å². The number of unbranched alkanes of at least 4 members (excludes halogenated alkanes) is 5. The van der Waals surface area contributed by atoms with Gasteiger partial charge in [-0.3, -0.25) is 4.99 Å². The standard InChI is InChI=1S/C16H36N4S/c1-17-16(19-13-9-11-15-21-4)18-12-8-6-5-7-10-14-20(2)3/h5-15H2,1-4H3,(H2,17,18,19). The van der Waals surface area contributed by atoms with Crippen LogP contribution in [0.3, 0.4) is 0 Å². The molecule has 0 aliphatic heterocycles. The van der Waals surface area contributed by atoms with Gasteiger partial charge in [0.25, 0.3) is 0 Å². The van der Waals surface area contributed by atoms with E-state index in [2.05, 4.69) is 40.9 Å². The molecule has 0 atom stereocenters. The van der Waals surface area contributed by atoms with E-state index in [0.717, 1.165) is 19.0 Å². The van der Waals surface area contributed by atoms with E-state index in [1.807, 2.05) is 18.8 Å². The van der Waals surface area contributed by atoms with Crippen molar-refractivity contribution in [3.63, 3.8) is 0 Å². The van der Waals surface area contributed by atoms with Gasteiger partial charge in [0, 0.05) is 20.1 Å². The Morgan fingerprint density at radius 3 is 2.05 bits per heavy atom. The van der Waals surface area contributed by atoms with Crippen molar-refractivity contribution in [2.45, 2.75) is 44.9 Å². The number of thioether (sulfide) groups is 1. The van der Waals surface area contributed by atoms with Gasteiger partial charge in [-0.1, -0.05) is 19.3 Å². The van der Waals surface area contributed by atoms with Gasteiger partial charge in [-0.05, 0) is 58.3 Å². The SMILES string of the molecule is CN=C(NCCCCCCCN(C)C)NCCCCSC. The Hall–Kier alpha value is -0.420. The van der Waals surface area contributed by atoms with Crippen LogP contribution < -0.4 is 10.6 Å². The van der Waals surface area contributed by atoms with Crippen molar-refractivity contribution in [1.29, 1.82) is 0 Å². The fourth-order valence-electron chi connectivity index (χ4n) is 2.09. The first-order valence-electron chi connectivity index (χ1n) is 8.29. The smallest absolute Gasteiger partial charge is 0.190 e. The molecule has 0 saturated carbocycles. The normalized spacial score (nSPS) is 12.0. The second kappa shape index (κ2) is 16.0. The molecule has 0 rings (SSSR count). The zero-order chi connectivity index (χ0) is 15.8. The van der Waals surface area contributed by atoms with E-state index in [0.29, 0.717) is 0 Å².